The third-order valence-corrected chi connectivity index (χ3v) is 3.35. The molecule has 1 aromatic carbocycles. The molecule has 0 aliphatic heterocycles. The smallest absolute Gasteiger partial charge is 0.387 e. The Morgan fingerprint density at radius 1 is 1.38 bits per heavy atom. The molecule has 0 unspecified atom stereocenters. The SMILES string of the molecule is CN=C(NCc1nncn1C)N(C)Cc1ccc(OC(F)F)cc1. The monoisotopic (exact) mass is 338 g/mol. The van der Waals surface area contributed by atoms with Crippen LogP contribution in [0.2, 0.25) is 0 Å². The van der Waals surface area contributed by atoms with E-state index in [0.717, 1.165) is 11.4 Å². The van der Waals surface area contributed by atoms with Crippen LogP contribution in [0.1, 0.15) is 11.4 Å². The quantitative estimate of drug-likeness (QED) is 0.640. The van der Waals surface area contributed by atoms with Gasteiger partial charge in [-0.3, -0.25) is 4.99 Å². The first-order valence-corrected chi connectivity index (χ1v) is 7.28. The molecule has 0 amide bonds. The lowest BCUT2D eigenvalue weighted by Gasteiger charge is -2.22. The van der Waals surface area contributed by atoms with E-state index < -0.39 is 6.61 Å². The van der Waals surface area contributed by atoms with Gasteiger partial charge in [0.1, 0.15) is 12.1 Å². The fraction of sp³-hybridized carbons (Fsp3) is 0.400. The first-order valence-electron chi connectivity index (χ1n) is 7.28. The van der Waals surface area contributed by atoms with Gasteiger partial charge in [-0.1, -0.05) is 12.1 Å². The van der Waals surface area contributed by atoms with Crippen molar-refractivity contribution in [1.82, 2.24) is 25.0 Å². The van der Waals surface area contributed by atoms with Gasteiger partial charge in [-0.05, 0) is 17.7 Å². The second-order valence-electron chi connectivity index (χ2n) is 5.14. The van der Waals surface area contributed by atoms with Crippen LogP contribution in [0.25, 0.3) is 0 Å². The summed E-state index contributed by atoms with van der Waals surface area (Å²) in [5.74, 6) is 1.62. The van der Waals surface area contributed by atoms with Gasteiger partial charge in [-0.15, -0.1) is 10.2 Å². The van der Waals surface area contributed by atoms with Crippen LogP contribution in [-0.2, 0) is 20.1 Å². The van der Waals surface area contributed by atoms with E-state index in [-0.39, 0.29) is 5.75 Å². The van der Waals surface area contributed by atoms with Crippen LogP contribution in [0, 0.1) is 0 Å². The van der Waals surface area contributed by atoms with Crippen LogP contribution in [-0.4, -0.2) is 46.3 Å². The Morgan fingerprint density at radius 2 is 2.08 bits per heavy atom. The van der Waals surface area contributed by atoms with Crippen LogP contribution in [0.3, 0.4) is 0 Å². The minimum absolute atomic E-state index is 0.140. The van der Waals surface area contributed by atoms with Crippen molar-refractivity contribution in [2.24, 2.45) is 12.0 Å². The lowest BCUT2D eigenvalue weighted by Crippen LogP contribution is -2.38. The van der Waals surface area contributed by atoms with E-state index in [1.54, 1.807) is 25.5 Å². The molecule has 2 aromatic rings. The Morgan fingerprint density at radius 3 is 2.62 bits per heavy atom. The first-order chi connectivity index (χ1) is 11.5. The van der Waals surface area contributed by atoms with Crippen molar-refractivity contribution in [2.45, 2.75) is 19.7 Å². The van der Waals surface area contributed by atoms with Gasteiger partial charge in [0.15, 0.2) is 11.8 Å². The average Bonchev–Trinajstić information content (AvgIpc) is 2.95. The van der Waals surface area contributed by atoms with Gasteiger partial charge in [0, 0.05) is 27.7 Å². The molecule has 0 aliphatic rings. The summed E-state index contributed by atoms with van der Waals surface area (Å²) in [6.07, 6.45) is 1.63. The molecule has 0 saturated carbocycles. The molecule has 0 radical (unpaired) electrons. The maximum absolute atomic E-state index is 12.1. The molecule has 0 spiro atoms. The Kier molecular flexibility index (Phi) is 6.05. The zero-order valence-corrected chi connectivity index (χ0v) is 13.8. The molecule has 0 bridgehead atoms. The summed E-state index contributed by atoms with van der Waals surface area (Å²) < 4.78 is 30.5. The van der Waals surface area contributed by atoms with Crippen molar-refractivity contribution in [3.05, 3.63) is 42.0 Å². The highest BCUT2D eigenvalue weighted by Crippen LogP contribution is 2.15. The third-order valence-electron chi connectivity index (χ3n) is 3.35. The van der Waals surface area contributed by atoms with Gasteiger partial charge in [0.2, 0.25) is 0 Å². The van der Waals surface area contributed by atoms with E-state index in [4.69, 9.17) is 0 Å². The van der Waals surface area contributed by atoms with Gasteiger partial charge in [-0.25, -0.2) is 0 Å². The number of alkyl halides is 2. The fourth-order valence-electron chi connectivity index (χ4n) is 2.14. The number of nitrogens with zero attached hydrogens (tertiary/aromatic N) is 5. The van der Waals surface area contributed by atoms with Gasteiger partial charge in [0.25, 0.3) is 0 Å². The maximum atomic E-state index is 12.1. The Hall–Kier alpha value is -2.71. The fourth-order valence-corrected chi connectivity index (χ4v) is 2.14. The second-order valence-corrected chi connectivity index (χ2v) is 5.14. The summed E-state index contributed by atoms with van der Waals surface area (Å²) in [5.41, 5.74) is 0.945. The highest BCUT2D eigenvalue weighted by atomic mass is 19.3. The summed E-state index contributed by atoms with van der Waals surface area (Å²) in [4.78, 5) is 6.14. The van der Waals surface area contributed by atoms with E-state index in [1.807, 2.05) is 23.6 Å². The number of aryl methyl sites for hydroxylation is 1. The van der Waals surface area contributed by atoms with Crippen molar-refractivity contribution < 1.29 is 13.5 Å². The van der Waals surface area contributed by atoms with E-state index >= 15 is 0 Å². The van der Waals surface area contributed by atoms with Crippen molar-refractivity contribution in [2.75, 3.05) is 14.1 Å². The summed E-state index contributed by atoms with van der Waals surface area (Å²) in [6.45, 7) is -1.76. The molecular weight excluding hydrogens is 318 g/mol. The number of hydrogen-bond acceptors (Lipinski definition) is 4. The predicted molar refractivity (Wildman–Crippen MR) is 85.7 cm³/mol. The average molecular weight is 338 g/mol. The van der Waals surface area contributed by atoms with Crippen molar-refractivity contribution in [3.63, 3.8) is 0 Å². The van der Waals surface area contributed by atoms with Crippen LogP contribution in [0.15, 0.2) is 35.6 Å². The lowest BCUT2D eigenvalue weighted by molar-refractivity contribution is -0.0498. The molecule has 0 atom stereocenters. The summed E-state index contributed by atoms with van der Waals surface area (Å²) in [6, 6.07) is 6.52. The molecule has 0 aliphatic carbocycles. The predicted octanol–water partition coefficient (Wildman–Crippen LogP) is 1.62. The van der Waals surface area contributed by atoms with E-state index in [2.05, 4.69) is 25.2 Å². The molecule has 7 nitrogen and oxygen atoms in total. The van der Waals surface area contributed by atoms with Crippen LogP contribution < -0.4 is 10.1 Å². The van der Waals surface area contributed by atoms with Crippen LogP contribution >= 0.6 is 0 Å². The Bertz CT molecular complexity index is 671. The minimum atomic E-state index is -2.82. The van der Waals surface area contributed by atoms with E-state index in [9.17, 15) is 8.78 Å². The van der Waals surface area contributed by atoms with E-state index in [0.29, 0.717) is 19.0 Å². The number of rotatable bonds is 6. The van der Waals surface area contributed by atoms with Gasteiger partial charge < -0.3 is 19.5 Å². The highest BCUT2D eigenvalue weighted by Gasteiger charge is 2.09. The zero-order chi connectivity index (χ0) is 17.5. The van der Waals surface area contributed by atoms with Crippen molar-refractivity contribution >= 4 is 5.96 Å². The Balaban J connectivity index is 1.91. The zero-order valence-electron chi connectivity index (χ0n) is 13.8. The largest absolute Gasteiger partial charge is 0.435 e. The molecule has 24 heavy (non-hydrogen) atoms. The number of aliphatic imine (C=N–C) groups is 1. The number of aromatic nitrogens is 3. The molecule has 0 saturated heterocycles. The normalized spacial score (nSPS) is 11.7. The second kappa shape index (κ2) is 8.23. The standard InChI is InChI=1S/C15H20F2N6O/c1-18-15(19-8-13-21-20-10-23(13)3)22(2)9-11-4-6-12(7-5-11)24-14(16)17/h4-7,10,14H,8-9H2,1-3H3,(H,18,19). The minimum Gasteiger partial charge on any atom is -0.435 e. The number of guanidine groups is 1. The van der Waals surface area contributed by atoms with E-state index in [1.165, 1.54) is 12.1 Å². The van der Waals surface area contributed by atoms with Crippen molar-refractivity contribution in [3.8, 4) is 5.75 Å². The van der Waals surface area contributed by atoms with Gasteiger partial charge in [-0.2, -0.15) is 8.78 Å². The Labute approximate surface area is 139 Å². The number of nitrogens with one attached hydrogen (secondary N) is 1. The third kappa shape index (κ3) is 4.90. The molecule has 9 heteroatoms. The highest BCUT2D eigenvalue weighted by molar-refractivity contribution is 5.79. The van der Waals surface area contributed by atoms with Crippen LogP contribution in [0.5, 0.6) is 5.75 Å². The van der Waals surface area contributed by atoms with Gasteiger partial charge in [0.05, 0.1) is 6.54 Å². The molecule has 0 fully saturated rings. The molecule has 1 aromatic heterocycles. The molecular formula is C15H20F2N6O. The molecule has 2 rings (SSSR count). The summed E-state index contributed by atoms with van der Waals surface area (Å²) >= 11 is 0. The first kappa shape index (κ1) is 17.6. The number of benzene rings is 1. The maximum Gasteiger partial charge on any atom is 0.387 e. The number of hydrogen-bond donors (Lipinski definition) is 1. The molecule has 130 valence electrons. The molecule has 1 N–H and O–H groups in total. The topological polar surface area (TPSA) is 67.6 Å². The number of ether oxygens (including phenoxy) is 1. The summed E-state index contributed by atoms with van der Waals surface area (Å²) in [7, 11) is 5.44. The van der Waals surface area contributed by atoms with Gasteiger partial charge >= 0.3 is 6.61 Å². The summed E-state index contributed by atoms with van der Waals surface area (Å²) in [5, 5.41) is 11.0. The van der Waals surface area contributed by atoms with Crippen LogP contribution in [0.4, 0.5) is 8.78 Å². The van der Waals surface area contributed by atoms with Crippen molar-refractivity contribution in [1.29, 1.82) is 0 Å². The number of halogens is 2. The molecule has 1 heterocycles. The lowest BCUT2D eigenvalue weighted by atomic mass is 10.2.